The highest BCUT2D eigenvalue weighted by atomic mass is 32.1. The van der Waals surface area contributed by atoms with Gasteiger partial charge in [0.2, 0.25) is 5.82 Å². The van der Waals surface area contributed by atoms with E-state index < -0.39 is 0 Å². The first-order valence-electron chi connectivity index (χ1n) is 11.4. The maximum Gasteiger partial charge on any atom is 0.258 e. The van der Waals surface area contributed by atoms with Crippen LogP contribution in [0.4, 0.5) is 5.69 Å². The van der Waals surface area contributed by atoms with Crippen LogP contribution in [0.3, 0.4) is 0 Å². The molecule has 1 N–H and O–H groups in total. The number of rotatable bonds is 5. The number of thiocarbonyl (C=S) groups is 1. The Hall–Kier alpha value is -3.77. The minimum absolute atomic E-state index is 0.203. The molecule has 0 radical (unpaired) electrons. The monoisotopic (exact) mass is 466 g/mol. The van der Waals surface area contributed by atoms with Crippen molar-refractivity contribution in [2.45, 2.75) is 33.2 Å². The van der Waals surface area contributed by atoms with E-state index in [2.05, 4.69) is 67.6 Å². The molecule has 1 aromatic heterocycles. The van der Waals surface area contributed by atoms with E-state index in [1.54, 1.807) is 0 Å². The molecule has 1 aliphatic heterocycles. The predicted octanol–water partition coefficient (Wildman–Crippen LogP) is 6.47. The Kier molecular flexibility index (Phi) is 5.99. The van der Waals surface area contributed by atoms with E-state index in [0.717, 1.165) is 34.5 Å². The Morgan fingerprint density at radius 1 is 0.941 bits per heavy atom. The average Bonchev–Trinajstić information content (AvgIpc) is 3.35. The van der Waals surface area contributed by atoms with Crippen molar-refractivity contribution in [3.8, 4) is 11.4 Å². The Bertz CT molecular complexity index is 1340. The number of benzene rings is 3. The highest BCUT2D eigenvalue weighted by molar-refractivity contribution is 7.80. The van der Waals surface area contributed by atoms with E-state index in [4.69, 9.17) is 21.7 Å². The minimum atomic E-state index is -0.203. The number of aryl methyl sites for hydroxylation is 2. The molecule has 4 aromatic rings. The van der Waals surface area contributed by atoms with Crippen molar-refractivity contribution in [1.29, 1.82) is 0 Å². The summed E-state index contributed by atoms with van der Waals surface area (Å²) in [5.41, 5.74) is 7.32. The van der Waals surface area contributed by atoms with Crippen molar-refractivity contribution in [1.82, 2.24) is 15.5 Å². The summed E-state index contributed by atoms with van der Waals surface area (Å²) in [6, 6.07) is 26.6. The zero-order valence-corrected chi connectivity index (χ0v) is 20.3. The zero-order valence-electron chi connectivity index (χ0n) is 19.4. The first-order valence-corrected chi connectivity index (χ1v) is 11.8. The molecule has 3 aromatic carbocycles. The highest BCUT2D eigenvalue weighted by Crippen LogP contribution is 2.39. The summed E-state index contributed by atoms with van der Waals surface area (Å²) in [5.74, 6) is 1.04. The van der Waals surface area contributed by atoms with E-state index >= 15 is 0 Å². The van der Waals surface area contributed by atoms with Crippen molar-refractivity contribution in [2.75, 3.05) is 4.90 Å². The molecule has 0 fully saturated rings. The third kappa shape index (κ3) is 4.13. The smallest absolute Gasteiger partial charge is 0.258 e. The topological polar surface area (TPSA) is 54.2 Å². The molecule has 5 rings (SSSR count). The normalized spacial score (nSPS) is 16.0. The summed E-state index contributed by atoms with van der Waals surface area (Å²) >= 11 is 5.84. The fourth-order valence-electron chi connectivity index (χ4n) is 4.26. The third-order valence-corrected chi connectivity index (χ3v) is 6.49. The molecule has 0 amide bonds. The predicted molar refractivity (Wildman–Crippen MR) is 140 cm³/mol. The minimum Gasteiger partial charge on any atom is -0.351 e. The van der Waals surface area contributed by atoms with Gasteiger partial charge in [0.1, 0.15) is 0 Å². The van der Waals surface area contributed by atoms with Crippen LogP contribution in [0.2, 0.25) is 0 Å². The lowest BCUT2D eigenvalue weighted by atomic mass is 9.94. The van der Waals surface area contributed by atoms with Gasteiger partial charge in [0.25, 0.3) is 5.89 Å². The molecule has 5 nitrogen and oxygen atoms in total. The third-order valence-electron chi connectivity index (χ3n) is 6.19. The first-order chi connectivity index (χ1) is 16.5. The van der Waals surface area contributed by atoms with E-state index in [0.29, 0.717) is 16.8 Å². The van der Waals surface area contributed by atoms with Crippen LogP contribution in [-0.2, 0) is 6.42 Å². The van der Waals surface area contributed by atoms with Gasteiger partial charge in [-0.15, -0.1) is 0 Å². The second-order valence-corrected chi connectivity index (χ2v) is 8.82. The summed E-state index contributed by atoms with van der Waals surface area (Å²) in [6.07, 6.45) is 0.989. The van der Waals surface area contributed by atoms with Gasteiger partial charge in [-0.2, -0.15) is 4.98 Å². The molecule has 34 heavy (non-hydrogen) atoms. The average molecular weight is 467 g/mol. The summed E-state index contributed by atoms with van der Waals surface area (Å²) < 4.78 is 5.84. The SMILES string of the molecule is CCc1ccc(N2C(=S)NC(c3ccccc3)C(c3nc(-c4ccc(C)cc4)no3)=C2C)cc1. The maximum absolute atomic E-state index is 5.84. The van der Waals surface area contributed by atoms with Gasteiger partial charge in [-0.1, -0.05) is 84.4 Å². The van der Waals surface area contributed by atoms with Crippen molar-refractivity contribution in [3.63, 3.8) is 0 Å². The van der Waals surface area contributed by atoms with E-state index in [1.165, 1.54) is 11.1 Å². The van der Waals surface area contributed by atoms with Gasteiger partial charge in [-0.25, -0.2) is 0 Å². The summed E-state index contributed by atoms with van der Waals surface area (Å²) in [4.78, 5) is 6.84. The summed E-state index contributed by atoms with van der Waals surface area (Å²) in [5, 5.41) is 8.45. The molecule has 0 saturated carbocycles. The number of nitrogens with zero attached hydrogens (tertiary/aromatic N) is 3. The van der Waals surface area contributed by atoms with Crippen LogP contribution in [0.15, 0.2) is 89.1 Å². The second-order valence-electron chi connectivity index (χ2n) is 8.44. The number of nitrogens with one attached hydrogen (secondary N) is 1. The lowest BCUT2D eigenvalue weighted by Crippen LogP contribution is -2.46. The van der Waals surface area contributed by atoms with Gasteiger partial charge in [0.15, 0.2) is 5.11 Å². The Labute approximate surface area is 205 Å². The number of hydrogen-bond donors (Lipinski definition) is 1. The molecule has 2 heterocycles. The van der Waals surface area contributed by atoms with Crippen LogP contribution in [-0.4, -0.2) is 15.3 Å². The largest absolute Gasteiger partial charge is 0.351 e. The van der Waals surface area contributed by atoms with Gasteiger partial charge < -0.3 is 9.84 Å². The molecule has 1 aliphatic rings. The lowest BCUT2D eigenvalue weighted by Gasteiger charge is -2.37. The Morgan fingerprint density at radius 2 is 1.65 bits per heavy atom. The summed E-state index contributed by atoms with van der Waals surface area (Å²) in [6.45, 7) is 6.27. The number of allylic oxidation sites excluding steroid dienone is 1. The van der Waals surface area contributed by atoms with Crippen LogP contribution < -0.4 is 10.2 Å². The quantitative estimate of drug-likeness (QED) is 0.340. The molecule has 0 saturated heterocycles. The zero-order chi connectivity index (χ0) is 23.7. The van der Waals surface area contributed by atoms with E-state index in [1.807, 2.05) is 47.4 Å². The van der Waals surface area contributed by atoms with Gasteiger partial charge >= 0.3 is 0 Å². The van der Waals surface area contributed by atoms with Crippen molar-refractivity contribution in [3.05, 3.63) is 107 Å². The standard InChI is InChI=1S/C28H26N4OS/c1-4-20-12-16-23(17-13-20)32-19(3)24(25(29-28(32)34)21-8-6-5-7-9-21)27-30-26(31-33-27)22-14-10-18(2)11-15-22/h5-17,25H,4H2,1-3H3,(H,29,34). The fraction of sp³-hybridized carbons (Fsp3) is 0.179. The molecular formula is C28H26N4OS. The van der Waals surface area contributed by atoms with Crippen LogP contribution in [0, 0.1) is 6.92 Å². The van der Waals surface area contributed by atoms with Crippen LogP contribution in [0.25, 0.3) is 17.0 Å². The molecule has 0 spiro atoms. The highest BCUT2D eigenvalue weighted by Gasteiger charge is 2.34. The van der Waals surface area contributed by atoms with Crippen LogP contribution in [0.1, 0.15) is 42.5 Å². The lowest BCUT2D eigenvalue weighted by molar-refractivity contribution is 0.404. The van der Waals surface area contributed by atoms with Crippen LogP contribution in [0.5, 0.6) is 0 Å². The molecule has 170 valence electrons. The molecule has 1 unspecified atom stereocenters. The van der Waals surface area contributed by atoms with Crippen molar-refractivity contribution >= 4 is 28.6 Å². The Morgan fingerprint density at radius 3 is 2.32 bits per heavy atom. The Balaban J connectivity index is 1.63. The maximum atomic E-state index is 5.84. The molecule has 0 bridgehead atoms. The van der Waals surface area contributed by atoms with Gasteiger partial charge in [-0.05, 0) is 55.7 Å². The van der Waals surface area contributed by atoms with Gasteiger partial charge in [0, 0.05) is 16.9 Å². The number of aromatic nitrogens is 2. The number of hydrogen-bond acceptors (Lipinski definition) is 4. The van der Waals surface area contributed by atoms with Gasteiger partial charge in [-0.3, -0.25) is 4.90 Å². The van der Waals surface area contributed by atoms with Crippen LogP contribution >= 0.6 is 12.2 Å². The van der Waals surface area contributed by atoms with Gasteiger partial charge in [0.05, 0.1) is 11.6 Å². The molecule has 1 atom stereocenters. The molecule has 0 aliphatic carbocycles. The number of anilines is 1. The molecule has 6 heteroatoms. The second kappa shape index (κ2) is 9.23. The summed E-state index contributed by atoms with van der Waals surface area (Å²) in [7, 11) is 0. The van der Waals surface area contributed by atoms with Crippen molar-refractivity contribution in [2.24, 2.45) is 0 Å². The fourth-order valence-corrected chi connectivity index (χ4v) is 4.62. The first kappa shape index (κ1) is 22.0. The molecular weight excluding hydrogens is 440 g/mol. The van der Waals surface area contributed by atoms with Crippen molar-refractivity contribution < 1.29 is 4.52 Å². The van der Waals surface area contributed by atoms with E-state index in [-0.39, 0.29) is 6.04 Å². The van der Waals surface area contributed by atoms with E-state index in [9.17, 15) is 0 Å².